The summed E-state index contributed by atoms with van der Waals surface area (Å²) in [6.07, 6.45) is -0.314. The maximum absolute atomic E-state index is 11.2. The molecule has 104 valence electrons. The molecule has 0 unspecified atom stereocenters. The van der Waals surface area contributed by atoms with Crippen LogP contribution >= 0.6 is 0 Å². The Labute approximate surface area is 111 Å². The second kappa shape index (κ2) is 5.59. The maximum Gasteiger partial charge on any atom is 0.410 e. The zero-order valence-electron chi connectivity index (χ0n) is 11.0. The van der Waals surface area contributed by atoms with Crippen LogP contribution < -0.4 is 15.4 Å². The van der Waals surface area contributed by atoms with Crippen LogP contribution in [0.25, 0.3) is 0 Å². The largest absolute Gasteiger partial charge is 0.461 e. The smallest absolute Gasteiger partial charge is 0.410 e. The molecule has 1 aromatic heterocycles. The Bertz CT molecular complexity index is 466. The summed E-state index contributed by atoms with van der Waals surface area (Å²) in [6.45, 7) is 1.75. The lowest BCUT2D eigenvalue weighted by atomic mass is 10.5. The summed E-state index contributed by atoms with van der Waals surface area (Å²) in [7, 11) is 3.71. The van der Waals surface area contributed by atoms with Gasteiger partial charge in [-0.05, 0) is 0 Å². The molecule has 2 rings (SSSR count). The fourth-order valence-corrected chi connectivity index (χ4v) is 1.60. The van der Waals surface area contributed by atoms with Gasteiger partial charge >= 0.3 is 12.1 Å². The number of nitrogens with two attached hydrogens (primary N) is 1. The third kappa shape index (κ3) is 3.36. The summed E-state index contributed by atoms with van der Waals surface area (Å²) < 4.78 is 10.2. The zero-order chi connectivity index (χ0) is 13.8. The number of cyclic esters (lactones) is 1. The van der Waals surface area contributed by atoms with E-state index in [9.17, 15) is 4.79 Å². The molecular formula is C11H17N5O3. The lowest BCUT2D eigenvalue weighted by molar-refractivity contribution is 0.152. The van der Waals surface area contributed by atoms with Gasteiger partial charge in [0, 0.05) is 20.2 Å². The molecule has 0 aliphatic carbocycles. The number of nitrogen functional groups attached to an aromatic ring is 1. The van der Waals surface area contributed by atoms with Crippen molar-refractivity contribution in [1.82, 2.24) is 14.9 Å². The summed E-state index contributed by atoms with van der Waals surface area (Å²) in [6, 6.07) is 1.86. The number of carbonyl (C=O) groups excluding carboxylic acids is 1. The molecular weight excluding hydrogens is 250 g/mol. The van der Waals surface area contributed by atoms with Gasteiger partial charge in [-0.25, -0.2) is 4.79 Å². The molecule has 2 heterocycles. The first-order chi connectivity index (χ1) is 9.06. The second-order valence-electron chi connectivity index (χ2n) is 4.28. The second-order valence-corrected chi connectivity index (χ2v) is 4.28. The number of amides is 1. The first-order valence-electron chi connectivity index (χ1n) is 5.92. The third-order valence-electron chi connectivity index (χ3n) is 2.61. The number of anilines is 2. The van der Waals surface area contributed by atoms with Crippen molar-refractivity contribution >= 4 is 17.7 Å². The minimum absolute atomic E-state index is 0.205. The van der Waals surface area contributed by atoms with Crippen LogP contribution in [0.15, 0.2) is 6.07 Å². The third-order valence-corrected chi connectivity index (χ3v) is 2.61. The number of nitrogens with zero attached hydrogens (tertiary/aromatic N) is 4. The number of hydrogen-bond donors (Lipinski definition) is 1. The lowest BCUT2D eigenvalue weighted by Crippen LogP contribution is -2.29. The zero-order valence-corrected chi connectivity index (χ0v) is 11.0. The number of rotatable bonds is 5. The number of ether oxygens (including phenoxy) is 2. The fraction of sp³-hybridized carbons (Fsp3) is 0.545. The van der Waals surface area contributed by atoms with Crippen LogP contribution in [0.2, 0.25) is 0 Å². The monoisotopic (exact) mass is 267 g/mol. The Morgan fingerprint density at radius 2 is 2.32 bits per heavy atom. The van der Waals surface area contributed by atoms with Crippen LogP contribution in [-0.4, -0.2) is 61.4 Å². The Hall–Kier alpha value is -2.25. The minimum Gasteiger partial charge on any atom is -0.461 e. The molecule has 8 nitrogen and oxygen atoms in total. The molecule has 0 aromatic carbocycles. The maximum atomic E-state index is 11.2. The minimum atomic E-state index is -0.314. The van der Waals surface area contributed by atoms with Crippen molar-refractivity contribution in [2.45, 2.75) is 0 Å². The Kier molecular flexibility index (Phi) is 3.88. The molecule has 1 fully saturated rings. The molecule has 1 aliphatic heterocycles. The molecule has 1 aliphatic rings. The fourth-order valence-electron chi connectivity index (χ4n) is 1.60. The quantitative estimate of drug-likeness (QED) is 0.799. The van der Waals surface area contributed by atoms with Crippen molar-refractivity contribution in [3.8, 4) is 6.01 Å². The van der Waals surface area contributed by atoms with E-state index in [1.54, 1.807) is 11.0 Å². The normalized spacial score (nSPS) is 14.4. The first-order valence-corrected chi connectivity index (χ1v) is 5.92. The number of carbonyl (C=O) groups is 1. The van der Waals surface area contributed by atoms with Crippen LogP contribution in [0.1, 0.15) is 0 Å². The molecule has 0 saturated carbocycles. The van der Waals surface area contributed by atoms with E-state index in [1.807, 2.05) is 19.0 Å². The average Bonchev–Trinajstić information content (AvgIpc) is 2.74. The summed E-state index contributed by atoms with van der Waals surface area (Å²) in [5.74, 6) is 1.01. The highest BCUT2D eigenvalue weighted by molar-refractivity contribution is 5.69. The molecule has 2 N–H and O–H groups in total. The Balaban J connectivity index is 1.90. The number of aromatic nitrogens is 2. The molecule has 19 heavy (non-hydrogen) atoms. The molecule has 1 amide bonds. The molecule has 8 heteroatoms. The van der Waals surface area contributed by atoms with Gasteiger partial charge in [0.05, 0.1) is 13.1 Å². The summed E-state index contributed by atoms with van der Waals surface area (Å²) in [5, 5.41) is 0. The highest BCUT2D eigenvalue weighted by Crippen LogP contribution is 2.15. The van der Waals surface area contributed by atoms with Crippen molar-refractivity contribution in [3.63, 3.8) is 0 Å². The van der Waals surface area contributed by atoms with Gasteiger partial charge in [-0.2, -0.15) is 9.97 Å². The van der Waals surface area contributed by atoms with Crippen molar-refractivity contribution in [3.05, 3.63) is 6.07 Å². The van der Waals surface area contributed by atoms with E-state index in [0.717, 1.165) is 0 Å². The van der Waals surface area contributed by atoms with Crippen LogP contribution in [0, 0.1) is 0 Å². The SMILES string of the molecule is CN(C)c1cc(N)nc(OCCN2CCOC2=O)n1. The predicted octanol–water partition coefficient (Wildman–Crippen LogP) is -0.0442. The van der Waals surface area contributed by atoms with Gasteiger partial charge in [0.1, 0.15) is 24.8 Å². The van der Waals surface area contributed by atoms with Gasteiger partial charge < -0.3 is 25.0 Å². The van der Waals surface area contributed by atoms with Crippen LogP contribution in [0.4, 0.5) is 16.4 Å². The van der Waals surface area contributed by atoms with Gasteiger partial charge in [-0.15, -0.1) is 0 Å². The molecule has 1 saturated heterocycles. The van der Waals surface area contributed by atoms with Gasteiger partial charge in [-0.3, -0.25) is 0 Å². The van der Waals surface area contributed by atoms with Crippen LogP contribution in [-0.2, 0) is 4.74 Å². The molecule has 0 radical (unpaired) electrons. The van der Waals surface area contributed by atoms with Crippen molar-refractivity contribution < 1.29 is 14.3 Å². The number of hydrogen-bond acceptors (Lipinski definition) is 7. The average molecular weight is 267 g/mol. The highest BCUT2D eigenvalue weighted by atomic mass is 16.6. The summed E-state index contributed by atoms with van der Waals surface area (Å²) in [4.78, 5) is 22.8. The lowest BCUT2D eigenvalue weighted by Gasteiger charge is -2.14. The van der Waals surface area contributed by atoms with Crippen LogP contribution in [0.5, 0.6) is 6.01 Å². The van der Waals surface area contributed by atoms with Gasteiger partial charge in [0.15, 0.2) is 0 Å². The topological polar surface area (TPSA) is 93.8 Å². The standard InChI is InChI=1S/C11H17N5O3/c1-15(2)9-7-8(12)13-10(14-9)18-5-3-16-4-6-19-11(16)17/h7H,3-6H2,1-2H3,(H2,12,13,14). The molecule has 1 aromatic rings. The van der Waals surface area contributed by atoms with Crippen LogP contribution in [0.3, 0.4) is 0 Å². The van der Waals surface area contributed by atoms with Crippen molar-refractivity contribution in [1.29, 1.82) is 0 Å². The molecule has 0 spiro atoms. The Morgan fingerprint density at radius 3 is 2.95 bits per heavy atom. The van der Waals surface area contributed by atoms with E-state index in [2.05, 4.69) is 9.97 Å². The van der Waals surface area contributed by atoms with E-state index >= 15 is 0 Å². The van der Waals surface area contributed by atoms with Gasteiger partial charge in [0.25, 0.3) is 0 Å². The summed E-state index contributed by atoms with van der Waals surface area (Å²) in [5.41, 5.74) is 5.67. The van der Waals surface area contributed by atoms with E-state index in [-0.39, 0.29) is 12.1 Å². The van der Waals surface area contributed by atoms with E-state index < -0.39 is 0 Å². The van der Waals surface area contributed by atoms with E-state index in [0.29, 0.717) is 37.9 Å². The highest BCUT2D eigenvalue weighted by Gasteiger charge is 2.21. The molecule has 0 bridgehead atoms. The van der Waals surface area contributed by atoms with E-state index in [4.69, 9.17) is 15.2 Å². The van der Waals surface area contributed by atoms with Crippen molar-refractivity contribution in [2.24, 2.45) is 0 Å². The van der Waals surface area contributed by atoms with E-state index in [1.165, 1.54) is 0 Å². The predicted molar refractivity (Wildman–Crippen MR) is 69.2 cm³/mol. The first kappa shape index (κ1) is 13.2. The Morgan fingerprint density at radius 1 is 1.53 bits per heavy atom. The van der Waals surface area contributed by atoms with Gasteiger partial charge in [-0.1, -0.05) is 0 Å². The van der Waals surface area contributed by atoms with Gasteiger partial charge in [0.2, 0.25) is 0 Å². The summed E-state index contributed by atoms with van der Waals surface area (Å²) >= 11 is 0. The van der Waals surface area contributed by atoms with Crippen molar-refractivity contribution in [2.75, 3.05) is 51.0 Å². The molecule has 0 atom stereocenters.